The largest absolute Gasteiger partial charge is 0.346 e. The third kappa shape index (κ3) is 4.28. The van der Waals surface area contributed by atoms with Crippen LogP contribution >= 0.6 is 0 Å². The summed E-state index contributed by atoms with van der Waals surface area (Å²) >= 11 is 0. The highest BCUT2D eigenvalue weighted by Crippen LogP contribution is 2.25. The van der Waals surface area contributed by atoms with Crippen LogP contribution in [0.1, 0.15) is 36.7 Å². The van der Waals surface area contributed by atoms with Crippen LogP contribution in [0.5, 0.6) is 0 Å². The van der Waals surface area contributed by atoms with Crippen LogP contribution < -0.4 is 11.1 Å². The van der Waals surface area contributed by atoms with E-state index in [0.29, 0.717) is 5.56 Å². The lowest BCUT2D eigenvalue weighted by molar-refractivity contribution is 0.0118. The minimum Gasteiger partial charge on any atom is -0.346 e. The van der Waals surface area contributed by atoms with E-state index in [0.717, 1.165) is 5.56 Å². The smallest absolute Gasteiger partial charge is 0.277 e. The quantitative estimate of drug-likeness (QED) is 0.882. The van der Waals surface area contributed by atoms with E-state index < -0.39 is 24.9 Å². The Balaban J connectivity index is 2.90. The summed E-state index contributed by atoms with van der Waals surface area (Å²) in [6.45, 7) is 4.36. The predicted octanol–water partition coefficient (Wildman–Crippen LogP) is 2.31. The number of carbonyl (C=O) groups excluding carboxylic acids is 1. The summed E-state index contributed by atoms with van der Waals surface area (Å²) in [6.07, 6.45) is 0. The van der Waals surface area contributed by atoms with Gasteiger partial charge in [-0.15, -0.1) is 0 Å². The second-order valence-corrected chi connectivity index (χ2v) is 5.54. The first-order valence-electron chi connectivity index (χ1n) is 6.13. The number of nitrogens with one attached hydrogen (secondary N) is 1. The van der Waals surface area contributed by atoms with Gasteiger partial charge in [0.25, 0.3) is 11.8 Å². The van der Waals surface area contributed by atoms with Gasteiger partial charge in [-0.1, -0.05) is 39.0 Å². The van der Waals surface area contributed by atoms with Crippen LogP contribution in [0.15, 0.2) is 24.3 Å². The van der Waals surface area contributed by atoms with Crippen LogP contribution in [0.4, 0.5) is 8.78 Å². The average Bonchev–Trinajstić information content (AvgIpc) is 2.35. The normalized spacial score (nSPS) is 12.3. The Morgan fingerprint density at radius 3 is 2.37 bits per heavy atom. The molecule has 0 saturated heterocycles. The van der Waals surface area contributed by atoms with Crippen molar-refractivity contribution in [1.29, 1.82) is 0 Å². The van der Waals surface area contributed by atoms with Gasteiger partial charge < -0.3 is 11.1 Å². The monoisotopic (exact) mass is 270 g/mol. The molecule has 0 aliphatic rings. The molecule has 0 spiro atoms. The minimum absolute atomic E-state index is 0.232. The fourth-order valence-corrected chi connectivity index (χ4v) is 1.71. The molecular weight excluding hydrogens is 250 g/mol. The average molecular weight is 270 g/mol. The van der Waals surface area contributed by atoms with Crippen molar-refractivity contribution in [2.75, 3.05) is 13.1 Å². The fraction of sp³-hybridized carbons (Fsp3) is 0.500. The third-order valence-corrected chi connectivity index (χ3v) is 2.79. The van der Waals surface area contributed by atoms with E-state index >= 15 is 0 Å². The Hall–Kier alpha value is -1.49. The highest BCUT2D eigenvalue weighted by Gasteiger charge is 2.28. The molecule has 0 fully saturated rings. The second-order valence-electron chi connectivity index (χ2n) is 5.54. The molecule has 1 amide bonds. The van der Waals surface area contributed by atoms with Crippen molar-refractivity contribution in [3.8, 4) is 0 Å². The summed E-state index contributed by atoms with van der Waals surface area (Å²) in [6, 6.07) is 7.00. The molecule has 0 atom stereocenters. The maximum Gasteiger partial charge on any atom is 0.277 e. The van der Waals surface area contributed by atoms with Gasteiger partial charge in [0.15, 0.2) is 0 Å². The molecule has 0 bridgehead atoms. The van der Waals surface area contributed by atoms with Gasteiger partial charge in [-0.3, -0.25) is 4.79 Å². The SMILES string of the molecule is CC(C)(C)c1ccccc1C(=O)NCC(F)(F)CN. The maximum atomic E-state index is 13.0. The molecule has 1 aromatic carbocycles. The van der Waals surface area contributed by atoms with Gasteiger partial charge in [0.1, 0.15) is 0 Å². The van der Waals surface area contributed by atoms with Crippen LogP contribution in [0.25, 0.3) is 0 Å². The van der Waals surface area contributed by atoms with E-state index in [1.165, 1.54) is 0 Å². The summed E-state index contributed by atoms with van der Waals surface area (Å²) in [7, 11) is 0. The number of halogens is 2. The van der Waals surface area contributed by atoms with Gasteiger partial charge in [-0.2, -0.15) is 0 Å². The molecule has 5 heteroatoms. The molecule has 1 rings (SSSR count). The highest BCUT2D eigenvalue weighted by atomic mass is 19.3. The standard InChI is InChI=1S/C14H20F2N2O/c1-13(2,3)11-7-5-4-6-10(11)12(19)18-9-14(15,16)8-17/h4-7H,8-9,17H2,1-3H3,(H,18,19). The Kier molecular flexibility index (Phi) is 4.63. The molecule has 0 aliphatic carbocycles. The first-order chi connectivity index (χ1) is 8.67. The number of amides is 1. The minimum atomic E-state index is -3.08. The number of alkyl halides is 2. The lowest BCUT2D eigenvalue weighted by atomic mass is 9.83. The van der Waals surface area contributed by atoms with Crippen molar-refractivity contribution in [3.63, 3.8) is 0 Å². The third-order valence-electron chi connectivity index (χ3n) is 2.79. The maximum absolute atomic E-state index is 13.0. The van der Waals surface area contributed by atoms with Crippen molar-refractivity contribution >= 4 is 5.91 Å². The topological polar surface area (TPSA) is 55.1 Å². The van der Waals surface area contributed by atoms with Gasteiger partial charge in [0.2, 0.25) is 0 Å². The Morgan fingerprint density at radius 1 is 1.26 bits per heavy atom. The van der Waals surface area contributed by atoms with Crippen LogP contribution in [-0.2, 0) is 5.41 Å². The van der Waals surface area contributed by atoms with Gasteiger partial charge in [0.05, 0.1) is 13.1 Å². The second kappa shape index (κ2) is 5.65. The van der Waals surface area contributed by atoms with Crippen LogP contribution in [0, 0.1) is 0 Å². The van der Waals surface area contributed by atoms with E-state index in [-0.39, 0.29) is 5.41 Å². The number of nitrogens with two attached hydrogens (primary N) is 1. The van der Waals surface area contributed by atoms with Crippen molar-refractivity contribution in [3.05, 3.63) is 35.4 Å². The van der Waals surface area contributed by atoms with Gasteiger partial charge >= 0.3 is 0 Å². The number of hydrogen-bond donors (Lipinski definition) is 2. The summed E-state index contributed by atoms with van der Waals surface area (Å²) in [5.41, 5.74) is 5.94. The molecule has 0 radical (unpaired) electrons. The van der Waals surface area contributed by atoms with E-state index in [1.54, 1.807) is 12.1 Å². The van der Waals surface area contributed by atoms with Crippen LogP contribution in [-0.4, -0.2) is 24.9 Å². The Bertz CT molecular complexity index is 453. The first-order valence-corrected chi connectivity index (χ1v) is 6.13. The summed E-state index contributed by atoms with van der Waals surface area (Å²) in [4.78, 5) is 12.0. The van der Waals surface area contributed by atoms with E-state index in [4.69, 9.17) is 5.73 Å². The molecule has 0 heterocycles. The van der Waals surface area contributed by atoms with Gasteiger partial charge in [-0.25, -0.2) is 8.78 Å². The van der Waals surface area contributed by atoms with Gasteiger partial charge in [-0.05, 0) is 17.0 Å². The molecule has 3 N–H and O–H groups in total. The van der Waals surface area contributed by atoms with Crippen LogP contribution in [0.3, 0.4) is 0 Å². The molecular formula is C14H20F2N2O. The molecule has 0 aromatic heterocycles. The van der Waals surface area contributed by atoms with Crippen molar-refractivity contribution in [2.45, 2.75) is 32.1 Å². The number of benzene rings is 1. The zero-order valence-corrected chi connectivity index (χ0v) is 11.5. The van der Waals surface area contributed by atoms with Crippen molar-refractivity contribution in [1.82, 2.24) is 5.32 Å². The first kappa shape index (κ1) is 15.6. The lowest BCUT2D eigenvalue weighted by Crippen LogP contribution is -2.42. The summed E-state index contributed by atoms with van der Waals surface area (Å²) < 4.78 is 26.0. The zero-order chi connectivity index (χ0) is 14.7. The lowest BCUT2D eigenvalue weighted by Gasteiger charge is -2.23. The molecule has 0 unspecified atom stereocenters. The van der Waals surface area contributed by atoms with Gasteiger partial charge in [0, 0.05) is 5.56 Å². The Labute approximate surface area is 112 Å². The molecule has 1 aromatic rings. The van der Waals surface area contributed by atoms with E-state index in [2.05, 4.69) is 5.32 Å². The molecule has 106 valence electrons. The molecule has 3 nitrogen and oxygen atoms in total. The van der Waals surface area contributed by atoms with E-state index in [9.17, 15) is 13.6 Å². The van der Waals surface area contributed by atoms with Crippen molar-refractivity contribution in [2.24, 2.45) is 5.73 Å². The molecule has 19 heavy (non-hydrogen) atoms. The predicted molar refractivity (Wildman–Crippen MR) is 71.5 cm³/mol. The fourth-order valence-electron chi connectivity index (χ4n) is 1.71. The van der Waals surface area contributed by atoms with Crippen molar-refractivity contribution < 1.29 is 13.6 Å². The number of rotatable bonds is 4. The van der Waals surface area contributed by atoms with Crippen LogP contribution in [0.2, 0.25) is 0 Å². The Morgan fingerprint density at radius 2 is 1.84 bits per heavy atom. The number of carbonyl (C=O) groups is 1. The highest BCUT2D eigenvalue weighted by molar-refractivity contribution is 5.96. The summed E-state index contributed by atoms with van der Waals surface area (Å²) in [5.74, 6) is -3.58. The summed E-state index contributed by atoms with van der Waals surface area (Å²) in [5, 5.41) is 2.23. The molecule has 0 saturated carbocycles. The number of hydrogen-bond acceptors (Lipinski definition) is 2. The zero-order valence-electron chi connectivity index (χ0n) is 11.5. The van der Waals surface area contributed by atoms with E-state index in [1.807, 2.05) is 32.9 Å². The molecule has 0 aliphatic heterocycles.